The lowest BCUT2D eigenvalue weighted by molar-refractivity contribution is 0.282. The molecule has 3 rings (SSSR count). The summed E-state index contributed by atoms with van der Waals surface area (Å²) in [7, 11) is 2.14. The fourth-order valence-corrected chi connectivity index (χ4v) is 3.53. The van der Waals surface area contributed by atoms with Gasteiger partial charge >= 0.3 is 0 Å². The first-order valence-corrected chi connectivity index (χ1v) is 9.24. The lowest BCUT2D eigenvalue weighted by Crippen LogP contribution is -1.93. The van der Waals surface area contributed by atoms with E-state index in [4.69, 9.17) is 5.11 Å². The van der Waals surface area contributed by atoms with Gasteiger partial charge in [0.1, 0.15) is 0 Å². The molecule has 0 saturated heterocycles. The quantitative estimate of drug-likeness (QED) is 0.563. The number of unbranched alkanes of at least 4 members (excludes halogenated alkanes) is 6. The van der Waals surface area contributed by atoms with Crippen molar-refractivity contribution in [3.8, 4) is 0 Å². The van der Waals surface area contributed by atoms with E-state index in [9.17, 15) is 0 Å². The Labute approximate surface area is 144 Å². The molecule has 3 heteroatoms. The predicted octanol–water partition coefficient (Wildman–Crippen LogP) is 4.99. The number of fused-ring (bicyclic) bond motifs is 3. The number of aliphatic hydroxyl groups excluding tert-OH is 1. The Morgan fingerprint density at radius 3 is 2.38 bits per heavy atom. The van der Waals surface area contributed by atoms with Gasteiger partial charge < -0.3 is 9.67 Å². The standard InChI is InChI=1S/C21H28N2O/c1-23-20-13-9-8-12-18(20)19-16-22-17(15-21(19)23)11-7-5-3-2-4-6-10-14-24/h8-9,12-13,15-16,24H,2-7,10-11,14H2,1H3. The van der Waals surface area contributed by atoms with Crippen molar-refractivity contribution in [2.45, 2.75) is 51.4 Å². The van der Waals surface area contributed by atoms with Gasteiger partial charge in [-0.3, -0.25) is 4.98 Å². The summed E-state index contributed by atoms with van der Waals surface area (Å²) in [5.74, 6) is 0. The van der Waals surface area contributed by atoms with Gasteiger partial charge in [-0.25, -0.2) is 0 Å². The highest BCUT2D eigenvalue weighted by molar-refractivity contribution is 6.07. The molecule has 0 amide bonds. The number of aliphatic hydroxyl groups is 1. The molecule has 0 aliphatic rings. The van der Waals surface area contributed by atoms with E-state index < -0.39 is 0 Å². The second-order valence-electron chi connectivity index (χ2n) is 6.72. The van der Waals surface area contributed by atoms with Crippen LogP contribution < -0.4 is 0 Å². The summed E-state index contributed by atoms with van der Waals surface area (Å²) in [6.07, 6.45) is 11.5. The van der Waals surface area contributed by atoms with Crippen LogP contribution in [-0.4, -0.2) is 21.3 Å². The Kier molecular flexibility index (Phi) is 5.86. The molecule has 0 spiro atoms. The first-order valence-electron chi connectivity index (χ1n) is 9.24. The summed E-state index contributed by atoms with van der Waals surface area (Å²) in [4.78, 5) is 4.69. The van der Waals surface area contributed by atoms with Gasteiger partial charge in [0, 0.05) is 41.8 Å². The number of para-hydroxylation sites is 1. The maximum atomic E-state index is 8.77. The summed E-state index contributed by atoms with van der Waals surface area (Å²) >= 11 is 0. The molecule has 24 heavy (non-hydrogen) atoms. The minimum Gasteiger partial charge on any atom is -0.396 e. The Balaban J connectivity index is 1.56. The van der Waals surface area contributed by atoms with Crippen LogP contribution in [0.15, 0.2) is 36.5 Å². The molecule has 0 aliphatic heterocycles. The van der Waals surface area contributed by atoms with E-state index in [1.165, 1.54) is 59.6 Å². The highest BCUT2D eigenvalue weighted by atomic mass is 16.2. The van der Waals surface area contributed by atoms with E-state index in [2.05, 4.69) is 46.9 Å². The second-order valence-corrected chi connectivity index (χ2v) is 6.72. The Morgan fingerprint density at radius 1 is 0.875 bits per heavy atom. The summed E-state index contributed by atoms with van der Waals surface area (Å²) in [5.41, 5.74) is 3.76. The molecular formula is C21H28N2O. The van der Waals surface area contributed by atoms with Gasteiger partial charge in [-0.2, -0.15) is 0 Å². The largest absolute Gasteiger partial charge is 0.396 e. The van der Waals surface area contributed by atoms with Crippen molar-refractivity contribution in [2.75, 3.05) is 6.61 Å². The number of aryl methyl sites for hydroxylation is 2. The van der Waals surface area contributed by atoms with Crippen LogP contribution in [0, 0.1) is 0 Å². The van der Waals surface area contributed by atoms with E-state index in [0.29, 0.717) is 6.61 Å². The highest BCUT2D eigenvalue weighted by Gasteiger charge is 2.08. The molecule has 1 N–H and O–H groups in total. The van der Waals surface area contributed by atoms with Crippen molar-refractivity contribution in [3.63, 3.8) is 0 Å². The molecule has 128 valence electrons. The summed E-state index contributed by atoms with van der Waals surface area (Å²) in [5, 5.41) is 11.3. The molecule has 1 aromatic carbocycles. The number of hydrogen-bond donors (Lipinski definition) is 1. The van der Waals surface area contributed by atoms with Gasteiger partial charge in [0.2, 0.25) is 0 Å². The minimum absolute atomic E-state index is 0.336. The number of pyridine rings is 1. The van der Waals surface area contributed by atoms with Crippen molar-refractivity contribution < 1.29 is 5.11 Å². The molecule has 0 unspecified atom stereocenters. The van der Waals surface area contributed by atoms with Crippen LogP contribution in [0.1, 0.15) is 50.6 Å². The molecule has 3 nitrogen and oxygen atoms in total. The number of rotatable bonds is 9. The van der Waals surface area contributed by atoms with Crippen LogP contribution in [0.25, 0.3) is 21.8 Å². The van der Waals surface area contributed by atoms with Crippen LogP contribution in [-0.2, 0) is 13.5 Å². The van der Waals surface area contributed by atoms with Crippen LogP contribution in [0.4, 0.5) is 0 Å². The highest BCUT2D eigenvalue weighted by Crippen LogP contribution is 2.27. The van der Waals surface area contributed by atoms with Gasteiger partial charge in [0.15, 0.2) is 0 Å². The Bertz CT molecular complexity index is 791. The molecule has 0 radical (unpaired) electrons. The van der Waals surface area contributed by atoms with Crippen LogP contribution in [0.3, 0.4) is 0 Å². The third kappa shape index (κ3) is 3.78. The van der Waals surface area contributed by atoms with Crippen LogP contribution in [0.5, 0.6) is 0 Å². The SMILES string of the molecule is Cn1c2ccccc2c2cnc(CCCCCCCCCO)cc21. The zero-order valence-electron chi connectivity index (χ0n) is 14.7. The van der Waals surface area contributed by atoms with Gasteiger partial charge in [-0.05, 0) is 31.4 Å². The molecule has 3 aromatic rings. The van der Waals surface area contributed by atoms with Crippen LogP contribution >= 0.6 is 0 Å². The maximum absolute atomic E-state index is 8.77. The number of hydrogen-bond acceptors (Lipinski definition) is 2. The lowest BCUT2D eigenvalue weighted by Gasteiger charge is -2.03. The van der Waals surface area contributed by atoms with E-state index in [-0.39, 0.29) is 0 Å². The molecule has 2 heterocycles. The number of benzene rings is 1. The summed E-state index contributed by atoms with van der Waals surface area (Å²) in [6.45, 7) is 0.336. The summed E-state index contributed by atoms with van der Waals surface area (Å²) in [6, 6.07) is 10.8. The first-order chi connectivity index (χ1) is 11.8. The average molecular weight is 324 g/mol. The van der Waals surface area contributed by atoms with Gasteiger partial charge in [-0.1, -0.05) is 50.3 Å². The zero-order chi connectivity index (χ0) is 16.8. The molecular weight excluding hydrogens is 296 g/mol. The molecule has 0 saturated carbocycles. The molecule has 2 aromatic heterocycles. The Hall–Kier alpha value is -1.87. The molecule has 0 atom stereocenters. The van der Waals surface area contributed by atoms with Gasteiger partial charge in [-0.15, -0.1) is 0 Å². The second kappa shape index (κ2) is 8.29. The molecule has 0 fully saturated rings. The molecule has 0 aliphatic carbocycles. The fraction of sp³-hybridized carbons (Fsp3) is 0.476. The van der Waals surface area contributed by atoms with E-state index in [1.54, 1.807) is 0 Å². The lowest BCUT2D eigenvalue weighted by atomic mass is 10.1. The van der Waals surface area contributed by atoms with Crippen molar-refractivity contribution in [1.82, 2.24) is 9.55 Å². The fourth-order valence-electron chi connectivity index (χ4n) is 3.53. The van der Waals surface area contributed by atoms with Crippen molar-refractivity contribution >= 4 is 21.8 Å². The first kappa shape index (κ1) is 17.0. The zero-order valence-corrected chi connectivity index (χ0v) is 14.7. The number of aromatic nitrogens is 2. The topological polar surface area (TPSA) is 38.0 Å². The normalized spacial score (nSPS) is 11.6. The van der Waals surface area contributed by atoms with E-state index in [1.807, 2.05) is 6.20 Å². The summed E-state index contributed by atoms with van der Waals surface area (Å²) < 4.78 is 2.27. The van der Waals surface area contributed by atoms with Crippen LogP contribution in [0.2, 0.25) is 0 Å². The minimum atomic E-state index is 0.336. The maximum Gasteiger partial charge on any atom is 0.0522 e. The van der Waals surface area contributed by atoms with Gasteiger partial charge in [0.25, 0.3) is 0 Å². The average Bonchev–Trinajstić information content (AvgIpc) is 2.90. The number of nitrogens with zero attached hydrogens (tertiary/aromatic N) is 2. The monoisotopic (exact) mass is 324 g/mol. The third-order valence-electron chi connectivity index (χ3n) is 4.95. The van der Waals surface area contributed by atoms with E-state index in [0.717, 1.165) is 19.3 Å². The Morgan fingerprint density at radius 2 is 1.58 bits per heavy atom. The third-order valence-corrected chi connectivity index (χ3v) is 4.95. The predicted molar refractivity (Wildman–Crippen MR) is 101 cm³/mol. The van der Waals surface area contributed by atoms with Crippen molar-refractivity contribution in [1.29, 1.82) is 0 Å². The smallest absolute Gasteiger partial charge is 0.0522 e. The van der Waals surface area contributed by atoms with Crippen molar-refractivity contribution in [3.05, 3.63) is 42.2 Å². The van der Waals surface area contributed by atoms with Gasteiger partial charge in [0.05, 0.1) is 5.52 Å². The van der Waals surface area contributed by atoms with Crippen molar-refractivity contribution in [2.24, 2.45) is 7.05 Å². The van der Waals surface area contributed by atoms with E-state index >= 15 is 0 Å². The molecule has 0 bridgehead atoms.